The second-order valence-electron chi connectivity index (χ2n) is 3.40. The summed E-state index contributed by atoms with van der Waals surface area (Å²) in [6.07, 6.45) is 0.632. The van der Waals surface area contributed by atoms with Gasteiger partial charge in [-0.1, -0.05) is 13.0 Å². The quantitative estimate of drug-likeness (QED) is 0.732. The average molecular weight is 226 g/mol. The van der Waals surface area contributed by atoms with Gasteiger partial charge in [-0.2, -0.15) is 0 Å². The number of anilines is 1. The smallest absolute Gasteiger partial charge is 0.319 e. The van der Waals surface area contributed by atoms with Gasteiger partial charge in [0.1, 0.15) is 5.82 Å². The minimum atomic E-state index is -0.452. The molecule has 0 unspecified atom stereocenters. The van der Waals surface area contributed by atoms with Crippen LogP contribution < -0.4 is 10.6 Å². The van der Waals surface area contributed by atoms with E-state index in [-0.39, 0.29) is 12.6 Å². The SMILES string of the molecule is CC[C@@H](CO)NC(=O)Nc1cccc(F)c1. The molecule has 0 bridgehead atoms. The Balaban J connectivity index is 2.51. The summed E-state index contributed by atoms with van der Waals surface area (Å²) >= 11 is 0. The van der Waals surface area contributed by atoms with Crippen LogP contribution in [0.3, 0.4) is 0 Å². The van der Waals surface area contributed by atoms with E-state index in [1.54, 1.807) is 6.07 Å². The van der Waals surface area contributed by atoms with E-state index in [4.69, 9.17) is 5.11 Å². The zero-order chi connectivity index (χ0) is 12.0. The molecule has 0 radical (unpaired) electrons. The van der Waals surface area contributed by atoms with Crippen molar-refractivity contribution in [1.82, 2.24) is 5.32 Å². The van der Waals surface area contributed by atoms with Gasteiger partial charge in [-0.05, 0) is 24.6 Å². The summed E-state index contributed by atoms with van der Waals surface area (Å²) in [6.45, 7) is 1.73. The van der Waals surface area contributed by atoms with Crippen LogP contribution in [-0.4, -0.2) is 23.8 Å². The summed E-state index contributed by atoms with van der Waals surface area (Å²) < 4.78 is 12.8. The van der Waals surface area contributed by atoms with Crippen LogP contribution in [0.25, 0.3) is 0 Å². The number of carbonyl (C=O) groups excluding carboxylic acids is 1. The van der Waals surface area contributed by atoms with Crippen LogP contribution in [0.4, 0.5) is 14.9 Å². The van der Waals surface area contributed by atoms with Crippen LogP contribution in [-0.2, 0) is 0 Å². The van der Waals surface area contributed by atoms with Crippen molar-refractivity contribution in [3.8, 4) is 0 Å². The second kappa shape index (κ2) is 6.07. The highest BCUT2D eigenvalue weighted by atomic mass is 19.1. The highest BCUT2D eigenvalue weighted by Crippen LogP contribution is 2.08. The predicted octanol–water partition coefficient (Wildman–Crippen LogP) is 1.72. The van der Waals surface area contributed by atoms with Crippen molar-refractivity contribution in [2.24, 2.45) is 0 Å². The van der Waals surface area contributed by atoms with E-state index in [1.165, 1.54) is 18.2 Å². The topological polar surface area (TPSA) is 61.4 Å². The lowest BCUT2D eigenvalue weighted by Crippen LogP contribution is -2.39. The molecule has 0 heterocycles. The fourth-order valence-electron chi connectivity index (χ4n) is 1.20. The number of hydrogen-bond acceptors (Lipinski definition) is 2. The molecule has 5 heteroatoms. The third-order valence-corrected chi connectivity index (χ3v) is 2.13. The van der Waals surface area contributed by atoms with Gasteiger partial charge >= 0.3 is 6.03 Å². The Kier molecular flexibility index (Phi) is 4.72. The molecule has 16 heavy (non-hydrogen) atoms. The van der Waals surface area contributed by atoms with E-state index in [9.17, 15) is 9.18 Å². The normalized spacial score (nSPS) is 11.9. The molecular weight excluding hydrogens is 211 g/mol. The molecule has 0 aliphatic rings. The van der Waals surface area contributed by atoms with Crippen molar-refractivity contribution in [1.29, 1.82) is 0 Å². The monoisotopic (exact) mass is 226 g/mol. The third-order valence-electron chi connectivity index (χ3n) is 2.13. The van der Waals surface area contributed by atoms with Crippen molar-refractivity contribution in [2.45, 2.75) is 19.4 Å². The number of carbonyl (C=O) groups is 1. The number of hydrogen-bond donors (Lipinski definition) is 3. The molecule has 0 aliphatic carbocycles. The zero-order valence-electron chi connectivity index (χ0n) is 9.03. The Labute approximate surface area is 93.5 Å². The standard InChI is InChI=1S/C11H15FN2O2/c1-2-9(7-15)13-11(16)14-10-5-3-4-8(12)6-10/h3-6,9,15H,2,7H2,1H3,(H2,13,14,16)/t9-/m0/s1. The number of benzene rings is 1. The Morgan fingerprint density at radius 2 is 2.31 bits per heavy atom. The lowest BCUT2D eigenvalue weighted by atomic mass is 10.2. The van der Waals surface area contributed by atoms with E-state index in [2.05, 4.69) is 10.6 Å². The van der Waals surface area contributed by atoms with Crippen LogP contribution in [0.2, 0.25) is 0 Å². The van der Waals surface area contributed by atoms with Gasteiger partial charge in [0.15, 0.2) is 0 Å². The van der Waals surface area contributed by atoms with E-state index in [0.29, 0.717) is 12.1 Å². The largest absolute Gasteiger partial charge is 0.394 e. The summed E-state index contributed by atoms with van der Waals surface area (Å²) in [5.41, 5.74) is 0.380. The Bertz CT molecular complexity index is 354. The van der Waals surface area contributed by atoms with Gasteiger partial charge in [0, 0.05) is 5.69 Å². The first kappa shape index (κ1) is 12.4. The highest BCUT2D eigenvalue weighted by molar-refractivity contribution is 5.89. The minimum absolute atomic E-state index is 0.118. The molecule has 1 rings (SSSR count). The summed E-state index contributed by atoms with van der Waals surface area (Å²) in [4.78, 5) is 11.4. The van der Waals surface area contributed by atoms with Gasteiger partial charge in [0.2, 0.25) is 0 Å². The van der Waals surface area contributed by atoms with E-state index in [0.717, 1.165) is 0 Å². The Hall–Kier alpha value is -1.62. The van der Waals surface area contributed by atoms with Gasteiger partial charge in [-0.3, -0.25) is 0 Å². The molecule has 0 saturated heterocycles. The molecular formula is C11H15FN2O2. The van der Waals surface area contributed by atoms with Gasteiger partial charge < -0.3 is 15.7 Å². The fourth-order valence-corrected chi connectivity index (χ4v) is 1.20. The number of aliphatic hydroxyl groups excluding tert-OH is 1. The number of halogens is 1. The summed E-state index contributed by atoms with van der Waals surface area (Å²) in [5.74, 6) is -0.410. The summed E-state index contributed by atoms with van der Waals surface area (Å²) in [6, 6.07) is 4.88. The predicted molar refractivity (Wildman–Crippen MR) is 59.7 cm³/mol. The molecule has 1 aromatic carbocycles. The average Bonchev–Trinajstić information content (AvgIpc) is 2.26. The highest BCUT2D eigenvalue weighted by Gasteiger charge is 2.08. The van der Waals surface area contributed by atoms with Crippen LogP contribution in [0.15, 0.2) is 24.3 Å². The van der Waals surface area contributed by atoms with Crippen molar-refractivity contribution >= 4 is 11.7 Å². The molecule has 0 saturated carbocycles. The maximum Gasteiger partial charge on any atom is 0.319 e. The Morgan fingerprint density at radius 3 is 2.88 bits per heavy atom. The van der Waals surface area contributed by atoms with Crippen molar-refractivity contribution in [2.75, 3.05) is 11.9 Å². The lowest BCUT2D eigenvalue weighted by Gasteiger charge is -2.14. The van der Waals surface area contributed by atoms with Crippen molar-refractivity contribution < 1.29 is 14.3 Å². The molecule has 0 aliphatic heterocycles. The number of aliphatic hydroxyl groups is 1. The summed E-state index contributed by atoms with van der Waals surface area (Å²) in [7, 11) is 0. The van der Waals surface area contributed by atoms with E-state index < -0.39 is 11.8 Å². The number of amides is 2. The van der Waals surface area contributed by atoms with Gasteiger partial charge in [-0.15, -0.1) is 0 Å². The third kappa shape index (κ3) is 3.86. The maximum absolute atomic E-state index is 12.8. The molecule has 0 spiro atoms. The van der Waals surface area contributed by atoms with Crippen molar-refractivity contribution in [3.05, 3.63) is 30.1 Å². The Morgan fingerprint density at radius 1 is 1.56 bits per heavy atom. The molecule has 1 atom stereocenters. The number of nitrogens with one attached hydrogen (secondary N) is 2. The van der Waals surface area contributed by atoms with Crippen LogP contribution in [0.5, 0.6) is 0 Å². The number of rotatable bonds is 4. The molecule has 3 N–H and O–H groups in total. The molecule has 88 valence electrons. The maximum atomic E-state index is 12.8. The fraction of sp³-hybridized carbons (Fsp3) is 0.364. The first-order chi connectivity index (χ1) is 7.65. The summed E-state index contributed by atoms with van der Waals surface area (Å²) in [5, 5.41) is 13.9. The second-order valence-corrected chi connectivity index (χ2v) is 3.40. The molecule has 1 aromatic rings. The zero-order valence-corrected chi connectivity index (χ0v) is 9.03. The molecule has 0 fully saturated rings. The van der Waals surface area contributed by atoms with E-state index >= 15 is 0 Å². The van der Waals surface area contributed by atoms with Crippen LogP contribution >= 0.6 is 0 Å². The first-order valence-corrected chi connectivity index (χ1v) is 5.09. The molecule has 0 aromatic heterocycles. The van der Waals surface area contributed by atoms with Crippen LogP contribution in [0.1, 0.15) is 13.3 Å². The number of urea groups is 1. The van der Waals surface area contributed by atoms with Gasteiger partial charge in [0.25, 0.3) is 0 Å². The van der Waals surface area contributed by atoms with Gasteiger partial charge in [-0.25, -0.2) is 9.18 Å². The van der Waals surface area contributed by atoms with E-state index in [1.807, 2.05) is 6.92 Å². The van der Waals surface area contributed by atoms with Crippen LogP contribution in [0, 0.1) is 5.82 Å². The van der Waals surface area contributed by atoms with Gasteiger partial charge in [0.05, 0.1) is 12.6 Å². The minimum Gasteiger partial charge on any atom is -0.394 e. The van der Waals surface area contributed by atoms with Crippen molar-refractivity contribution in [3.63, 3.8) is 0 Å². The molecule has 4 nitrogen and oxygen atoms in total. The first-order valence-electron chi connectivity index (χ1n) is 5.09. The lowest BCUT2D eigenvalue weighted by molar-refractivity contribution is 0.222. The molecule has 2 amide bonds.